The average molecular weight is 213 g/mol. The van der Waals surface area contributed by atoms with Crippen molar-refractivity contribution in [3.05, 3.63) is 30.0 Å². The molecule has 1 aromatic heterocycles. The molecule has 0 amide bonds. The first-order valence-electron chi connectivity index (χ1n) is 5.54. The van der Waals surface area contributed by atoms with Gasteiger partial charge in [-0.25, -0.2) is 0 Å². The van der Waals surface area contributed by atoms with Crippen LogP contribution in [0.15, 0.2) is 24.4 Å². The summed E-state index contributed by atoms with van der Waals surface area (Å²) in [4.78, 5) is 0. The van der Waals surface area contributed by atoms with Crippen LogP contribution >= 0.6 is 0 Å². The molecular weight excluding hydrogens is 197 g/mol. The Morgan fingerprint density at radius 1 is 1.38 bits per heavy atom. The molecule has 0 fully saturated rings. The first kappa shape index (κ1) is 11.3. The van der Waals surface area contributed by atoms with Crippen LogP contribution in [-0.4, -0.2) is 26.1 Å². The van der Waals surface area contributed by atoms with Gasteiger partial charge in [-0.1, -0.05) is 17.6 Å². The molecule has 1 aromatic carbocycles. The quantitative estimate of drug-likeness (QED) is 0.555. The number of aromatic nitrogens is 1. The molecule has 0 aliphatic carbocycles. The molecule has 0 spiro atoms. The Labute approximate surface area is 97.6 Å². The van der Waals surface area contributed by atoms with Gasteiger partial charge in [-0.15, -0.1) is 0 Å². The third kappa shape index (κ3) is 2.14. The van der Waals surface area contributed by atoms with Crippen LogP contribution < -0.4 is 5.46 Å². The fraction of sp³-hybridized carbons (Fsp3) is 0.385. The van der Waals surface area contributed by atoms with Gasteiger partial charge in [0.25, 0.3) is 0 Å². The fourth-order valence-electron chi connectivity index (χ4n) is 2.10. The molecule has 16 heavy (non-hydrogen) atoms. The van der Waals surface area contributed by atoms with E-state index in [9.17, 15) is 0 Å². The van der Waals surface area contributed by atoms with Crippen LogP contribution in [0.25, 0.3) is 10.9 Å². The van der Waals surface area contributed by atoms with Gasteiger partial charge >= 0.3 is 0 Å². The number of ether oxygens (including phenoxy) is 1. The van der Waals surface area contributed by atoms with Crippen LogP contribution in [0.4, 0.5) is 0 Å². The normalized spacial score (nSPS) is 11.1. The molecule has 2 radical (unpaired) electrons. The van der Waals surface area contributed by atoms with Crippen molar-refractivity contribution in [1.82, 2.24) is 4.57 Å². The number of hydrogen-bond donors (Lipinski definition) is 0. The Kier molecular flexibility index (Phi) is 3.35. The summed E-state index contributed by atoms with van der Waals surface area (Å²) in [7, 11) is 9.63. The van der Waals surface area contributed by atoms with E-state index in [0.29, 0.717) is 0 Å². The summed E-state index contributed by atoms with van der Waals surface area (Å²) >= 11 is 0. The Morgan fingerprint density at radius 3 is 2.94 bits per heavy atom. The molecule has 0 saturated heterocycles. The van der Waals surface area contributed by atoms with Gasteiger partial charge in [-0.05, 0) is 24.5 Å². The lowest BCUT2D eigenvalue weighted by Crippen LogP contribution is -2.00. The van der Waals surface area contributed by atoms with E-state index in [2.05, 4.69) is 29.9 Å². The first-order chi connectivity index (χ1) is 7.72. The van der Waals surface area contributed by atoms with E-state index >= 15 is 0 Å². The predicted molar refractivity (Wildman–Crippen MR) is 68.5 cm³/mol. The average Bonchev–Trinajstić information content (AvgIpc) is 2.56. The highest BCUT2D eigenvalue weighted by Gasteiger charge is 2.05. The topological polar surface area (TPSA) is 14.2 Å². The molecule has 2 nitrogen and oxygen atoms in total. The number of aryl methyl sites for hydroxylation is 2. The second-order valence-corrected chi connectivity index (χ2v) is 4.14. The Hall–Kier alpha value is -1.22. The van der Waals surface area contributed by atoms with Crippen molar-refractivity contribution in [1.29, 1.82) is 0 Å². The molecule has 2 aromatic rings. The molecular formula is C13H16BNO. The third-order valence-electron chi connectivity index (χ3n) is 2.89. The monoisotopic (exact) mass is 213 g/mol. The first-order valence-corrected chi connectivity index (χ1v) is 5.54. The van der Waals surface area contributed by atoms with Gasteiger partial charge in [-0.3, -0.25) is 0 Å². The zero-order valence-electron chi connectivity index (χ0n) is 9.86. The van der Waals surface area contributed by atoms with Crippen molar-refractivity contribution < 1.29 is 4.74 Å². The molecule has 0 unspecified atom stereocenters. The van der Waals surface area contributed by atoms with Crippen LogP contribution in [0.2, 0.25) is 0 Å². The lowest BCUT2D eigenvalue weighted by molar-refractivity contribution is 0.195. The summed E-state index contributed by atoms with van der Waals surface area (Å²) in [6.07, 6.45) is 4.26. The van der Waals surface area contributed by atoms with Crippen LogP contribution in [0, 0.1) is 0 Å². The molecule has 0 bridgehead atoms. The standard InChI is InChI=1S/C13H16BNO/c1-15-9-10(4-3-7-16-2)12-8-11(14)5-6-13(12)15/h5-6,8-9H,3-4,7H2,1-2H3. The lowest BCUT2D eigenvalue weighted by atomic mass is 9.94. The maximum absolute atomic E-state index is 5.82. The van der Waals surface area contributed by atoms with Gasteiger partial charge in [0.15, 0.2) is 0 Å². The highest BCUT2D eigenvalue weighted by molar-refractivity contribution is 6.33. The van der Waals surface area contributed by atoms with Crippen LogP contribution in [0.3, 0.4) is 0 Å². The number of hydrogen-bond acceptors (Lipinski definition) is 1. The zero-order valence-corrected chi connectivity index (χ0v) is 9.86. The molecule has 0 atom stereocenters. The summed E-state index contributed by atoms with van der Waals surface area (Å²) in [6, 6.07) is 6.07. The molecule has 0 aliphatic rings. The second kappa shape index (κ2) is 4.75. The van der Waals surface area contributed by atoms with Crippen molar-refractivity contribution in [3.8, 4) is 0 Å². The predicted octanol–water partition coefficient (Wildman–Crippen LogP) is 1.55. The minimum Gasteiger partial charge on any atom is -0.385 e. The number of fused-ring (bicyclic) bond motifs is 1. The fourth-order valence-corrected chi connectivity index (χ4v) is 2.10. The molecule has 1 heterocycles. The molecule has 2 rings (SSSR count). The van der Waals surface area contributed by atoms with Gasteiger partial charge in [0.05, 0.1) is 0 Å². The largest absolute Gasteiger partial charge is 0.385 e. The van der Waals surface area contributed by atoms with E-state index in [1.165, 1.54) is 16.5 Å². The second-order valence-electron chi connectivity index (χ2n) is 4.14. The van der Waals surface area contributed by atoms with Gasteiger partial charge in [0, 0.05) is 37.9 Å². The number of methoxy groups -OCH3 is 1. The van der Waals surface area contributed by atoms with E-state index in [1.54, 1.807) is 7.11 Å². The summed E-state index contributed by atoms with van der Waals surface area (Å²) < 4.78 is 7.22. The van der Waals surface area contributed by atoms with Gasteiger partial charge in [-0.2, -0.15) is 0 Å². The van der Waals surface area contributed by atoms with E-state index < -0.39 is 0 Å². The van der Waals surface area contributed by atoms with Crippen LogP contribution in [0.5, 0.6) is 0 Å². The molecule has 0 saturated carbocycles. The Bertz CT molecular complexity index is 490. The van der Waals surface area contributed by atoms with E-state index in [1.807, 2.05) is 6.07 Å². The molecule has 0 N–H and O–H groups in total. The van der Waals surface area contributed by atoms with Crippen molar-refractivity contribution >= 4 is 24.2 Å². The zero-order chi connectivity index (χ0) is 11.5. The highest BCUT2D eigenvalue weighted by Crippen LogP contribution is 2.20. The number of benzene rings is 1. The van der Waals surface area contributed by atoms with Crippen molar-refractivity contribution in [2.75, 3.05) is 13.7 Å². The van der Waals surface area contributed by atoms with Gasteiger partial charge < -0.3 is 9.30 Å². The maximum Gasteiger partial charge on any atom is 0.113 e. The van der Waals surface area contributed by atoms with E-state index in [4.69, 9.17) is 12.6 Å². The summed E-state index contributed by atoms with van der Waals surface area (Å²) in [5, 5.41) is 1.26. The Morgan fingerprint density at radius 2 is 2.19 bits per heavy atom. The molecule has 0 aliphatic heterocycles. The van der Waals surface area contributed by atoms with E-state index in [0.717, 1.165) is 24.9 Å². The van der Waals surface area contributed by atoms with Crippen LogP contribution in [-0.2, 0) is 18.2 Å². The summed E-state index contributed by atoms with van der Waals surface area (Å²) in [5.41, 5.74) is 3.41. The Balaban J connectivity index is 2.33. The van der Waals surface area contributed by atoms with Gasteiger partial charge in [0.2, 0.25) is 0 Å². The van der Waals surface area contributed by atoms with Gasteiger partial charge in [0.1, 0.15) is 7.85 Å². The molecule has 3 heteroatoms. The van der Waals surface area contributed by atoms with E-state index in [-0.39, 0.29) is 0 Å². The summed E-state index contributed by atoms with van der Waals surface area (Å²) in [6.45, 7) is 0.804. The van der Waals surface area contributed by atoms with Crippen LogP contribution in [0.1, 0.15) is 12.0 Å². The highest BCUT2D eigenvalue weighted by atomic mass is 16.5. The summed E-state index contributed by atoms with van der Waals surface area (Å²) in [5.74, 6) is 0. The maximum atomic E-state index is 5.82. The van der Waals surface area contributed by atoms with Crippen molar-refractivity contribution in [2.24, 2.45) is 7.05 Å². The SMILES string of the molecule is [B]c1ccc2c(c1)c(CCCOC)cn2C. The number of nitrogens with zero attached hydrogens (tertiary/aromatic N) is 1. The smallest absolute Gasteiger partial charge is 0.113 e. The minimum absolute atomic E-state index is 0.804. The number of rotatable bonds is 4. The third-order valence-corrected chi connectivity index (χ3v) is 2.89. The minimum atomic E-state index is 0.804. The van der Waals surface area contributed by atoms with Crippen molar-refractivity contribution in [3.63, 3.8) is 0 Å². The van der Waals surface area contributed by atoms with Crippen molar-refractivity contribution in [2.45, 2.75) is 12.8 Å². The lowest BCUT2D eigenvalue weighted by Gasteiger charge is -2.00. The molecule has 82 valence electrons.